The Kier molecular flexibility index (Phi) is 3.90. The van der Waals surface area contributed by atoms with E-state index in [1.165, 1.54) is 32.1 Å². The lowest BCUT2D eigenvalue weighted by Crippen LogP contribution is -2.37. The van der Waals surface area contributed by atoms with Crippen LogP contribution in [0.5, 0.6) is 0 Å². The quantitative estimate of drug-likeness (QED) is 0.806. The van der Waals surface area contributed by atoms with Crippen LogP contribution in [0.15, 0.2) is 24.3 Å². The first-order valence-corrected chi connectivity index (χ1v) is 6.73. The first kappa shape index (κ1) is 12.9. The summed E-state index contributed by atoms with van der Waals surface area (Å²) in [5, 5.41) is 3.03. The van der Waals surface area contributed by atoms with Crippen molar-refractivity contribution in [3.05, 3.63) is 29.8 Å². The molecule has 1 aliphatic carbocycles. The van der Waals surface area contributed by atoms with E-state index in [-0.39, 0.29) is 11.3 Å². The van der Waals surface area contributed by atoms with Gasteiger partial charge in [0.2, 0.25) is 0 Å². The van der Waals surface area contributed by atoms with Crippen LogP contribution in [0.1, 0.15) is 49.4 Å². The van der Waals surface area contributed by atoms with Gasteiger partial charge in [0.05, 0.1) is 5.56 Å². The van der Waals surface area contributed by atoms with E-state index in [1.807, 2.05) is 12.1 Å². The molecule has 1 aliphatic rings. The molecule has 98 valence electrons. The van der Waals surface area contributed by atoms with Crippen molar-refractivity contribution in [2.24, 2.45) is 5.41 Å². The molecule has 1 fully saturated rings. The number of nitrogen functional groups attached to an aromatic ring is 1. The van der Waals surface area contributed by atoms with Gasteiger partial charge in [-0.3, -0.25) is 4.79 Å². The summed E-state index contributed by atoms with van der Waals surface area (Å²) in [4.78, 5) is 12.1. The van der Waals surface area contributed by atoms with Crippen LogP contribution in [0.25, 0.3) is 0 Å². The monoisotopic (exact) mass is 246 g/mol. The van der Waals surface area contributed by atoms with Crippen molar-refractivity contribution in [1.29, 1.82) is 0 Å². The van der Waals surface area contributed by atoms with Crippen molar-refractivity contribution in [3.8, 4) is 0 Å². The molecule has 0 radical (unpaired) electrons. The van der Waals surface area contributed by atoms with Gasteiger partial charge in [-0.05, 0) is 30.4 Å². The fourth-order valence-electron chi connectivity index (χ4n) is 2.67. The van der Waals surface area contributed by atoms with Crippen molar-refractivity contribution in [1.82, 2.24) is 5.32 Å². The van der Waals surface area contributed by atoms with E-state index in [0.717, 1.165) is 6.54 Å². The summed E-state index contributed by atoms with van der Waals surface area (Å²) in [6.07, 6.45) is 6.30. The SMILES string of the molecule is CC1(CNC(=O)c2ccccc2N)CCCCC1. The first-order chi connectivity index (χ1) is 8.61. The second-order valence-electron chi connectivity index (χ2n) is 5.64. The second-order valence-corrected chi connectivity index (χ2v) is 5.64. The summed E-state index contributed by atoms with van der Waals surface area (Å²) in [5.74, 6) is -0.0556. The Morgan fingerprint density at radius 3 is 2.61 bits per heavy atom. The Morgan fingerprint density at radius 2 is 1.94 bits per heavy atom. The molecule has 18 heavy (non-hydrogen) atoms. The van der Waals surface area contributed by atoms with E-state index in [1.54, 1.807) is 12.1 Å². The molecule has 3 N–H and O–H groups in total. The van der Waals surface area contributed by atoms with Crippen LogP contribution in [0.4, 0.5) is 5.69 Å². The van der Waals surface area contributed by atoms with Crippen LogP contribution in [0.2, 0.25) is 0 Å². The molecule has 3 heteroatoms. The van der Waals surface area contributed by atoms with E-state index in [9.17, 15) is 4.79 Å². The Bertz CT molecular complexity index is 422. The molecule has 2 rings (SSSR count). The zero-order chi connectivity index (χ0) is 13.0. The van der Waals surface area contributed by atoms with E-state index >= 15 is 0 Å². The first-order valence-electron chi connectivity index (χ1n) is 6.73. The minimum Gasteiger partial charge on any atom is -0.398 e. The number of nitrogens with one attached hydrogen (secondary N) is 1. The van der Waals surface area contributed by atoms with Gasteiger partial charge in [-0.2, -0.15) is 0 Å². The van der Waals surface area contributed by atoms with Crippen LogP contribution in [0.3, 0.4) is 0 Å². The van der Waals surface area contributed by atoms with Gasteiger partial charge in [-0.1, -0.05) is 38.3 Å². The number of carbonyl (C=O) groups is 1. The molecule has 1 aromatic carbocycles. The maximum atomic E-state index is 12.1. The summed E-state index contributed by atoms with van der Waals surface area (Å²) in [7, 11) is 0. The molecule has 0 aliphatic heterocycles. The summed E-state index contributed by atoms with van der Waals surface area (Å²) in [6.45, 7) is 3.01. The molecule has 1 amide bonds. The van der Waals surface area contributed by atoms with Crippen molar-refractivity contribution in [3.63, 3.8) is 0 Å². The molecule has 1 aromatic rings. The predicted molar refractivity (Wildman–Crippen MR) is 74.4 cm³/mol. The number of amides is 1. The maximum Gasteiger partial charge on any atom is 0.253 e. The standard InChI is InChI=1S/C15H22N2O/c1-15(9-5-2-6-10-15)11-17-14(18)12-7-3-4-8-13(12)16/h3-4,7-8H,2,5-6,9-11,16H2,1H3,(H,17,18). The third kappa shape index (κ3) is 3.03. The van der Waals surface area contributed by atoms with E-state index in [2.05, 4.69) is 12.2 Å². The molecule has 0 saturated heterocycles. The Balaban J connectivity index is 1.94. The van der Waals surface area contributed by atoms with Gasteiger partial charge in [0, 0.05) is 12.2 Å². The number of hydrogen-bond donors (Lipinski definition) is 2. The summed E-state index contributed by atoms with van der Waals surface area (Å²) < 4.78 is 0. The highest BCUT2D eigenvalue weighted by atomic mass is 16.1. The highest BCUT2D eigenvalue weighted by molar-refractivity contribution is 5.99. The molecule has 3 nitrogen and oxygen atoms in total. The van der Waals surface area contributed by atoms with Gasteiger partial charge in [0.15, 0.2) is 0 Å². The molecular formula is C15H22N2O. The Labute approximate surface area is 109 Å². The third-order valence-corrected chi connectivity index (χ3v) is 3.94. The van der Waals surface area contributed by atoms with Crippen LogP contribution in [-0.2, 0) is 0 Å². The predicted octanol–water partition coefficient (Wildman–Crippen LogP) is 2.97. The van der Waals surface area contributed by atoms with Crippen molar-refractivity contribution >= 4 is 11.6 Å². The molecule has 0 spiro atoms. The number of carbonyl (C=O) groups excluding carboxylic acids is 1. The molecule has 0 unspecified atom stereocenters. The van der Waals surface area contributed by atoms with E-state index < -0.39 is 0 Å². The fraction of sp³-hybridized carbons (Fsp3) is 0.533. The second kappa shape index (κ2) is 5.42. The van der Waals surface area contributed by atoms with Crippen LogP contribution in [-0.4, -0.2) is 12.5 Å². The molecule has 0 bridgehead atoms. The van der Waals surface area contributed by atoms with Gasteiger partial charge in [-0.25, -0.2) is 0 Å². The molecule has 0 aromatic heterocycles. The largest absolute Gasteiger partial charge is 0.398 e. The maximum absolute atomic E-state index is 12.1. The van der Waals surface area contributed by atoms with Crippen LogP contribution >= 0.6 is 0 Å². The number of rotatable bonds is 3. The number of para-hydroxylation sites is 1. The molecule has 0 atom stereocenters. The Morgan fingerprint density at radius 1 is 1.28 bits per heavy atom. The fourth-order valence-corrected chi connectivity index (χ4v) is 2.67. The summed E-state index contributed by atoms with van der Waals surface area (Å²) in [5.41, 5.74) is 7.19. The highest BCUT2D eigenvalue weighted by Gasteiger charge is 2.27. The number of anilines is 1. The summed E-state index contributed by atoms with van der Waals surface area (Å²) in [6, 6.07) is 7.22. The van der Waals surface area contributed by atoms with Gasteiger partial charge in [0.1, 0.15) is 0 Å². The third-order valence-electron chi connectivity index (χ3n) is 3.94. The molecule has 1 saturated carbocycles. The zero-order valence-electron chi connectivity index (χ0n) is 11.0. The van der Waals surface area contributed by atoms with E-state index in [0.29, 0.717) is 11.3 Å². The molecule has 0 heterocycles. The van der Waals surface area contributed by atoms with Gasteiger partial charge < -0.3 is 11.1 Å². The van der Waals surface area contributed by atoms with Crippen LogP contribution < -0.4 is 11.1 Å². The van der Waals surface area contributed by atoms with Gasteiger partial charge in [0.25, 0.3) is 5.91 Å². The van der Waals surface area contributed by atoms with Gasteiger partial charge in [-0.15, -0.1) is 0 Å². The lowest BCUT2D eigenvalue weighted by atomic mass is 9.76. The highest BCUT2D eigenvalue weighted by Crippen LogP contribution is 2.34. The number of benzene rings is 1. The lowest BCUT2D eigenvalue weighted by Gasteiger charge is -2.33. The number of hydrogen-bond acceptors (Lipinski definition) is 2. The van der Waals surface area contributed by atoms with Gasteiger partial charge >= 0.3 is 0 Å². The van der Waals surface area contributed by atoms with Crippen molar-refractivity contribution in [2.45, 2.75) is 39.0 Å². The smallest absolute Gasteiger partial charge is 0.253 e. The normalized spacial score (nSPS) is 18.3. The van der Waals surface area contributed by atoms with Crippen molar-refractivity contribution < 1.29 is 4.79 Å². The summed E-state index contributed by atoms with van der Waals surface area (Å²) >= 11 is 0. The lowest BCUT2D eigenvalue weighted by molar-refractivity contribution is 0.0920. The van der Waals surface area contributed by atoms with Crippen LogP contribution in [0, 0.1) is 5.41 Å². The minimum absolute atomic E-state index is 0.0556. The molecular weight excluding hydrogens is 224 g/mol. The zero-order valence-corrected chi connectivity index (χ0v) is 11.0. The average molecular weight is 246 g/mol. The van der Waals surface area contributed by atoms with Crippen molar-refractivity contribution in [2.75, 3.05) is 12.3 Å². The topological polar surface area (TPSA) is 55.1 Å². The minimum atomic E-state index is -0.0556. The number of nitrogens with two attached hydrogens (primary N) is 1. The van der Waals surface area contributed by atoms with E-state index in [4.69, 9.17) is 5.73 Å². The average Bonchev–Trinajstić information content (AvgIpc) is 2.38. The Hall–Kier alpha value is -1.51.